The first-order valence-corrected chi connectivity index (χ1v) is 6.62. The maximum atomic E-state index is 4.52. The zero-order valence-electron chi connectivity index (χ0n) is 8.72. The van der Waals surface area contributed by atoms with Crippen LogP contribution in [0.3, 0.4) is 0 Å². The Morgan fingerprint density at radius 1 is 1.24 bits per heavy atom. The summed E-state index contributed by atoms with van der Waals surface area (Å²) in [5, 5.41) is 4.31. The third-order valence-electron chi connectivity index (χ3n) is 2.43. The van der Waals surface area contributed by atoms with Crippen molar-refractivity contribution in [2.45, 2.75) is 6.54 Å². The van der Waals surface area contributed by atoms with Crippen molar-refractivity contribution >= 4 is 37.5 Å². The lowest BCUT2D eigenvalue weighted by Gasteiger charge is -1.98. The van der Waals surface area contributed by atoms with Crippen LogP contribution >= 0.6 is 31.9 Å². The fourth-order valence-corrected chi connectivity index (χ4v) is 2.83. The lowest BCUT2D eigenvalue weighted by atomic mass is 10.5. The molecule has 0 spiro atoms. The third kappa shape index (κ3) is 2.14. The molecule has 3 rings (SSSR count). The molecule has 0 aliphatic heterocycles. The van der Waals surface area contributed by atoms with Crippen LogP contribution in [0.2, 0.25) is 0 Å². The lowest BCUT2D eigenvalue weighted by Crippen LogP contribution is -2.02. The van der Waals surface area contributed by atoms with Crippen molar-refractivity contribution in [2.24, 2.45) is 0 Å². The summed E-state index contributed by atoms with van der Waals surface area (Å²) in [6.07, 6.45) is 4.00. The van der Waals surface area contributed by atoms with Crippen molar-refractivity contribution in [3.63, 3.8) is 0 Å². The molecular formula is C11H8Br2N4. The van der Waals surface area contributed by atoms with Gasteiger partial charge in [-0.2, -0.15) is 5.10 Å². The molecule has 0 amide bonds. The highest BCUT2D eigenvalue weighted by atomic mass is 79.9. The maximum absolute atomic E-state index is 4.52. The highest BCUT2D eigenvalue weighted by molar-refractivity contribution is 9.11. The lowest BCUT2D eigenvalue weighted by molar-refractivity contribution is 0.657. The van der Waals surface area contributed by atoms with E-state index in [0.717, 1.165) is 20.5 Å². The van der Waals surface area contributed by atoms with Gasteiger partial charge in [0.1, 0.15) is 14.9 Å². The molecule has 0 fully saturated rings. The number of hydrogen-bond donors (Lipinski definition) is 0. The van der Waals surface area contributed by atoms with E-state index in [9.17, 15) is 0 Å². The first-order valence-electron chi connectivity index (χ1n) is 5.04. The van der Waals surface area contributed by atoms with E-state index in [1.54, 1.807) is 0 Å². The summed E-state index contributed by atoms with van der Waals surface area (Å²) in [7, 11) is 0. The molecule has 0 atom stereocenters. The Labute approximate surface area is 115 Å². The highest BCUT2D eigenvalue weighted by Crippen LogP contribution is 2.17. The Morgan fingerprint density at radius 3 is 2.82 bits per heavy atom. The second-order valence-corrected chi connectivity index (χ2v) is 5.27. The van der Waals surface area contributed by atoms with Crippen LogP contribution in [0.5, 0.6) is 0 Å². The second kappa shape index (κ2) is 4.27. The summed E-state index contributed by atoms with van der Waals surface area (Å²) in [6, 6.07) is 7.86. The first kappa shape index (κ1) is 11.0. The molecule has 3 aromatic heterocycles. The van der Waals surface area contributed by atoms with Crippen molar-refractivity contribution in [1.29, 1.82) is 0 Å². The van der Waals surface area contributed by atoms with Crippen molar-refractivity contribution < 1.29 is 0 Å². The normalized spacial score (nSPS) is 11.2. The smallest absolute Gasteiger partial charge is 0.137 e. The summed E-state index contributed by atoms with van der Waals surface area (Å²) in [5.41, 5.74) is 1.93. The van der Waals surface area contributed by atoms with Crippen molar-refractivity contribution in [3.8, 4) is 0 Å². The largest absolute Gasteiger partial charge is 0.307 e. The first-order chi connectivity index (χ1) is 8.22. The molecule has 0 aromatic carbocycles. The molecule has 17 heavy (non-hydrogen) atoms. The van der Waals surface area contributed by atoms with Gasteiger partial charge in [0.15, 0.2) is 0 Å². The van der Waals surface area contributed by atoms with Crippen LogP contribution in [-0.4, -0.2) is 19.2 Å². The number of nitrogens with zero attached hydrogens (tertiary/aromatic N) is 4. The Kier molecular flexibility index (Phi) is 2.76. The van der Waals surface area contributed by atoms with Crippen molar-refractivity contribution in [3.05, 3.63) is 51.6 Å². The summed E-state index contributed by atoms with van der Waals surface area (Å²) >= 11 is 6.80. The van der Waals surface area contributed by atoms with Crippen LogP contribution in [0.1, 0.15) is 5.69 Å². The maximum Gasteiger partial charge on any atom is 0.137 e. The van der Waals surface area contributed by atoms with Gasteiger partial charge in [-0.1, -0.05) is 6.07 Å². The monoisotopic (exact) mass is 354 g/mol. The molecule has 3 aromatic rings. The van der Waals surface area contributed by atoms with Gasteiger partial charge in [-0.15, -0.1) is 0 Å². The Bertz CT molecular complexity index is 638. The van der Waals surface area contributed by atoms with Crippen LogP contribution in [0, 0.1) is 0 Å². The molecule has 0 radical (unpaired) electrons. The number of pyridine rings is 1. The van der Waals surface area contributed by atoms with Gasteiger partial charge in [-0.3, -0.25) is 4.68 Å². The van der Waals surface area contributed by atoms with Gasteiger partial charge in [0, 0.05) is 18.5 Å². The molecule has 6 heteroatoms. The van der Waals surface area contributed by atoms with Gasteiger partial charge in [0.05, 0.1) is 12.2 Å². The molecule has 3 heterocycles. The second-order valence-electron chi connectivity index (χ2n) is 3.65. The number of aromatic nitrogens is 4. The molecule has 0 aliphatic carbocycles. The average molecular weight is 356 g/mol. The minimum absolute atomic E-state index is 0.647. The molecule has 0 N–H and O–H groups in total. The van der Waals surface area contributed by atoms with Gasteiger partial charge < -0.3 is 4.40 Å². The van der Waals surface area contributed by atoms with Gasteiger partial charge in [0.25, 0.3) is 0 Å². The zero-order valence-corrected chi connectivity index (χ0v) is 11.9. The molecule has 0 unspecified atom stereocenters. The SMILES string of the molecule is Brc1cc(Br)n(Cc2cn3ccccc3n2)n1. The van der Waals surface area contributed by atoms with Crippen molar-refractivity contribution in [1.82, 2.24) is 19.2 Å². The minimum Gasteiger partial charge on any atom is -0.307 e. The quantitative estimate of drug-likeness (QED) is 0.708. The zero-order chi connectivity index (χ0) is 11.8. The molecule has 0 saturated heterocycles. The molecule has 4 nitrogen and oxygen atoms in total. The van der Waals surface area contributed by atoms with Crippen LogP contribution in [-0.2, 0) is 6.54 Å². The van der Waals surface area contributed by atoms with Crippen molar-refractivity contribution in [2.75, 3.05) is 0 Å². The van der Waals surface area contributed by atoms with E-state index in [0.29, 0.717) is 6.54 Å². The topological polar surface area (TPSA) is 35.1 Å². The summed E-state index contributed by atoms with van der Waals surface area (Å²) in [5.74, 6) is 0. The van der Waals surface area contributed by atoms with E-state index >= 15 is 0 Å². The Hall–Kier alpha value is -1.14. The molecular weight excluding hydrogens is 348 g/mol. The predicted octanol–water partition coefficient (Wildman–Crippen LogP) is 3.10. The van der Waals surface area contributed by atoms with Gasteiger partial charge in [-0.05, 0) is 44.0 Å². The number of imidazole rings is 1. The van der Waals surface area contributed by atoms with Gasteiger partial charge >= 0.3 is 0 Å². The average Bonchev–Trinajstić information content (AvgIpc) is 2.82. The number of halogens is 2. The standard InChI is InChI=1S/C11H8Br2N4/c12-9-5-10(13)17(15-9)7-8-6-16-4-2-1-3-11(16)14-8/h1-6H,7H2. The minimum atomic E-state index is 0.647. The van der Waals surface area contributed by atoms with Gasteiger partial charge in [-0.25, -0.2) is 4.98 Å². The van der Waals surface area contributed by atoms with E-state index in [1.807, 2.05) is 45.7 Å². The fraction of sp³-hybridized carbons (Fsp3) is 0.0909. The Balaban J connectivity index is 1.97. The van der Waals surface area contributed by atoms with Gasteiger partial charge in [0.2, 0.25) is 0 Å². The van der Waals surface area contributed by atoms with E-state index in [4.69, 9.17) is 0 Å². The fourth-order valence-electron chi connectivity index (χ4n) is 1.69. The highest BCUT2D eigenvalue weighted by Gasteiger charge is 2.06. The Morgan fingerprint density at radius 2 is 2.12 bits per heavy atom. The summed E-state index contributed by atoms with van der Waals surface area (Å²) < 4.78 is 5.60. The summed E-state index contributed by atoms with van der Waals surface area (Å²) in [4.78, 5) is 4.52. The molecule has 86 valence electrons. The van der Waals surface area contributed by atoms with Crippen LogP contribution < -0.4 is 0 Å². The van der Waals surface area contributed by atoms with E-state index in [1.165, 1.54) is 0 Å². The van der Waals surface area contributed by atoms with E-state index in [2.05, 4.69) is 41.9 Å². The number of hydrogen-bond acceptors (Lipinski definition) is 2. The van der Waals surface area contributed by atoms with E-state index < -0.39 is 0 Å². The third-order valence-corrected chi connectivity index (χ3v) is 3.45. The molecule has 0 saturated carbocycles. The van der Waals surface area contributed by atoms with Crippen LogP contribution in [0.4, 0.5) is 0 Å². The molecule has 0 aliphatic rings. The number of fused-ring (bicyclic) bond motifs is 1. The van der Waals surface area contributed by atoms with Crippen LogP contribution in [0.25, 0.3) is 5.65 Å². The summed E-state index contributed by atoms with van der Waals surface area (Å²) in [6.45, 7) is 0.647. The van der Waals surface area contributed by atoms with Crippen LogP contribution in [0.15, 0.2) is 45.9 Å². The number of rotatable bonds is 2. The predicted molar refractivity (Wildman–Crippen MR) is 71.9 cm³/mol. The molecule has 0 bridgehead atoms. The van der Waals surface area contributed by atoms with E-state index in [-0.39, 0.29) is 0 Å².